The van der Waals surface area contributed by atoms with Crippen LogP contribution in [-0.4, -0.2) is 48.4 Å². The molecule has 0 aliphatic heterocycles. The Bertz CT molecular complexity index is 452. The van der Waals surface area contributed by atoms with E-state index in [2.05, 4.69) is 0 Å². The smallest absolute Gasteiger partial charge is 0.406 e. The first-order chi connectivity index (χ1) is 9.33. The van der Waals surface area contributed by atoms with E-state index in [0.717, 1.165) is 0 Å². The Labute approximate surface area is 113 Å². The molecule has 0 heterocycles. The highest BCUT2D eigenvalue weighted by atomic mass is 19.4. The van der Waals surface area contributed by atoms with Crippen LogP contribution < -0.4 is 10.5 Å². The maximum atomic E-state index is 12.3. The number of hydrogen-bond acceptors (Lipinski definition) is 4. The summed E-state index contributed by atoms with van der Waals surface area (Å²) in [4.78, 5) is 12.1. The Morgan fingerprint density at radius 1 is 1.35 bits per heavy atom. The van der Waals surface area contributed by atoms with Crippen molar-refractivity contribution in [2.45, 2.75) is 6.18 Å². The quantitative estimate of drug-likeness (QED) is 0.768. The number of benzene rings is 1. The van der Waals surface area contributed by atoms with E-state index < -0.39 is 38.4 Å². The largest absolute Gasteiger partial charge is 0.482 e. The van der Waals surface area contributed by atoms with Gasteiger partial charge >= 0.3 is 6.18 Å². The van der Waals surface area contributed by atoms with E-state index in [1.165, 1.54) is 6.07 Å². The first kappa shape index (κ1) is 16.1. The molecule has 1 amide bonds. The molecule has 0 aromatic heterocycles. The molecule has 8 heteroatoms. The average Bonchev–Trinajstić information content (AvgIpc) is 2.35. The molecule has 20 heavy (non-hydrogen) atoms. The van der Waals surface area contributed by atoms with Crippen molar-refractivity contribution in [3.05, 3.63) is 24.3 Å². The number of nitrogens with two attached hydrogens (primary N) is 1. The number of amides is 1. The number of anilines is 1. The summed E-state index contributed by atoms with van der Waals surface area (Å²) in [5.74, 6) is -0.656. The number of aliphatic hydroxyl groups is 1. The Hall–Kier alpha value is -1.96. The summed E-state index contributed by atoms with van der Waals surface area (Å²) in [6.07, 6.45) is -4.53. The fourth-order valence-corrected chi connectivity index (χ4v) is 1.47. The number of alkyl halides is 3. The molecule has 3 N–H and O–H groups in total. The van der Waals surface area contributed by atoms with Gasteiger partial charge in [0.1, 0.15) is 12.3 Å². The monoisotopic (exact) mass is 292 g/mol. The van der Waals surface area contributed by atoms with E-state index in [1.807, 2.05) is 0 Å². The van der Waals surface area contributed by atoms with Gasteiger partial charge in [-0.3, -0.25) is 4.79 Å². The minimum atomic E-state index is -4.53. The van der Waals surface area contributed by atoms with E-state index >= 15 is 0 Å². The fourth-order valence-electron chi connectivity index (χ4n) is 1.47. The lowest BCUT2D eigenvalue weighted by molar-refractivity contribution is -0.163. The number of nitrogen functional groups attached to an aromatic ring is 1. The van der Waals surface area contributed by atoms with Crippen molar-refractivity contribution >= 4 is 11.6 Å². The van der Waals surface area contributed by atoms with Crippen LogP contribution in [0.2, 0.25) is 0 Å². The molecule has 0 unspecified atom stereocenters. The second kappa shape index (κ2) is 6.99. The number of halogens is 3. The number of nitrogens with zero attached hydrogens (tertiary/aromatic N) is 1. The topological polar surface area (TPSA) is 75.8 Å². The van der Waals surface area contributed by atoms with Gasteiger partial charge < -0.3 is 20.5 Å². The molecule has 0 radical (unpaired) electrons. The first-order valence-electron chi connectivity index (χ1n) is 5.76. The summed E-state index contributed by atoms with van der Waals surface area (Å²) in [5.41, 5.74) is 5.86. The number of carbonyl (C=O) groups is 1. The molecule has 112 valence electrons. The molecule has 0 fully saturated rings. The molecule has 1 rings (SSSR count). The Morgan fingerprint density at radius 2 is 2.00 bits per heavy atom. The number of hydrogen-bond donors (Lipinski definition) is 2. The molecule has 1 aromatic carbocycles. The van der Waals surface area contributed by atoms with Gasteiger partial charge in [0, 0.05) is 6.54 Å². The molecule has 0 saturated carbocycles. The number of rotatable bonds is 6. The standard InChI is InChI=1S/C12H15F3N2O3/c13-12(14,15)8-17(5-6-18)11(19)7-20-10-4-2-1-3-9(10)16/h1-4,18H,5-8,16H2. The van der Waals surface area contributed by atoms with Crippen LogP contribution in [0.25, 0.3) is 0 Å². The second-order valence-corrected chi connectivity index (χ2v) is 3.98. The lowest BCUT2D eigenvalue weighted by atomic mass is 10.3. The van der Waals surface area contributed by atoms with E-state index in [0.29, 0.717) is 4.90 Å². The minimum Gasteiger partial charge on any atom is -0.482 e. The Balaban J connectivity index is 2.60. The predicted molar refractivity (Wildman–Crippen MR) is 66.1 cm³/mol. The predicted octanol–water partition coefficient (Wildman–Crippen LogP) is 1.03. The van der Waals surface area contributed by atoms with Crippen LogP contribution >= 0.6 is 0 Å². The molecule has 0 spiro atoms. The molecule has 0 aliphatic carbocycles. The molecule has 0 aliphatic rings. The lowest BCUT2D eigenvalue weighted by Crippen LogP contribution is -2.42. The van der Waals surface area contributed by atoms with Gasteiger partial charge in [-0.2, -0.15) is 13.2 Å². The van der Waals surface area contributed by atoms with Gasteiger partial charge in [-0.1, -0.05) is 12.1 Å². The van der Waals surface area contributed by atoms with E-state index in [1.54, 1.807) is 18.2 Å². The van der Waals surface area contributed by atoms with Crippen molar-refractivity contribution in [2.75, 3.05) is 32.0 Å². The van der Waals surface area contributed by atoms with E-state index in [4.69, 9.17) is 15.6 Å². The van der Waals surface area contributed by atoms with Crippen LogP contribution in [0.15, 0.2) is 24.3 Å². The van der Waals surface area contributed by atoms with E-state index in [9.17, 15) is 18.0 Å². The number of carbonyl (C=O) groups excluding carboxylic acids is 1. The van der Waals surface area contributed by atoms with Crippen LogP contribution in [0.3, 0.4) is 0 Å². The second-order valence-electron chi connectivity index (χ2n) is 3.98. The van der Waals surface area contributed by atoms with Gasteiger partial charge in [-0.05, 0) is 12.1 Å². The average molecular weight is 292 g/mol. The first-order valence-corrected chi connectivity index (χ1v) is 5.76. The van der Waals surface area contributed by atoms with Crippen LogP contribution in [0.4, 0.5) is 18.9 Å². The summed E-state index contributed by atoms with van der Waals surface area (Å²) in [7, 11) is 0. The van der Waals surface area contributed by atoms with Crippen LogP contribution in [0, 0.1) is 0 Å². The molecule has 5 nitrogen and oxygen atoms in total. The van der Waals surface area contributed by atoms with Gasteiger partial charge in [-0.15, -0.1) is 0 Å². The van der Waals surface area contributed by atoms with Crippen molar-refractivity contribution in [1.29, 1.82) is 0 Å². The number of para-hydroxylation sites is 2. The SMILES string of the molecule is Nc1ccccc1OCC(=O)N(CCO)CC(F)(F)F. The molecular formula is C12H15F3N2O3. The number of ether oxygens (including phenoxy) is 1. The van der Waals surface area contributed by atoms with Crippen LogP contribution in [-0.2, 0) is 4.79 Å². The lowest BCUT2D eigenvalue weighted by Gasteiger charge is -2.23. The van der Waals surface area contributed by atoms with Crippen molar-refractivity contribution in [3.8, 4) is 5.75 Å². The zero-order chi connectivity index (χ0) is 15.2. The summed E-state index contributed by atoms with van der Waals surface area (Å²) < 4.78 is 41.9. The third-order valence-corrected chi connectivity index (χ3v) is 2.36. The summed E-state index contributed by atoms with van der Waals surface area (Å²) in [6.45, 7) is -2.98. The van der Waals surface area contributed by atoms with Gasteiger partial charge in [0.05, 0.1) is 12.3 Å². The van der Waals surface area contributed by atoms with Crippen molar-refractivity contribution < 1.29 is 27.8 Å². The van der Waals surface area contributed by atoms with Gasteiger partial charge in [-0.25, -0.2) is 0 Å². The summed E-state index contributed by atoms with van der Waals surface area (Å²) >= 11 is 0. The maximum Gasteiger partial charge on any atom is 0.406 e. The normalized spacial score (nSPS) is 11.2. The Morgan fingerprint density at radius 3 is 2.55 bits per heavy atom. The highest BCUT2D eigenvalue weighted by molar-refractivity contribution is 5.78. The van der Waals surface area contributed by atoms with Crippen LogP contribution in [0.1, 0.15) is 0 Å². The third-order valence-electron chi connectivity index (χ3n) is 2.36. The Kier molecular flexibility index (Phi) is 5.63. The zero-order valence-corrected chi connectivity index (χ0v) is 10.6. The molecule has 0 bridgehead atoms. The summed E-state index contributed by atoms with van der Waals surface area (Å²) in [5, 5.41) is 8.69. The maximum absolute atomic E-state index is 12.3. The van der Waals surface area contributed by atoms with Gasteiger partial charge in [0.2, 0.25) is 0 Å². The fraction of sp³-hybridized carbons (Fsp3) is 0.417. The molecular weight excluding hydrogens is 277 g/mol. The third kappa shape index (κ3) is 5.35. The van der Waals surface area contributed by atoms with Crippen LogP contribution in [0.5, 0.6) is 5.75 Å². The van der Waals surface area contributed by atoms with E-state index in [-0.39, 0.29) is 11.4 Å². The molecule has 0 saturated heterocycles. The molecule has 0 atom stereocenters. The van der Waals surface area contributed by atoms with Crippen molar-refractivity contribution in [1.82, 2.24) is 4.90 Å². The van der Waals surface area contributed by atoms with Gasteiger partial charge in [0.15, 0.2) is 6.61 Å². The highest BCUT2D eigenvalue weighted by Gasteiger charge is 2.32. The minimum absolute atomic E-state index is 0.219. The van der Waals surface area contributed by atoms with Crippen molar-refractivity contribution in [3.63, 3.8) is 0 Å². The number of aliphatic hydroxyl groups excluding tert-OH is 1. The molecule has 1 aromatic rings. The highest BCUT2D eigenvalue weighted by Crippen LogP contribution is 2.20. The van der Waals surface area contributed by atoms with Crippen molar-refractivity contribution in [2.24, 2.45) is 0 Å². The summed E-state index contributed by atoms with van der Waals surface area (Å²) in [6, 6.07) is 6.33. The van der Waals surface area contributed by atoms with Gasteiger partial charge in [0.25, 0.3) is 5.91 Å². The zero-order valence-electron chi connectivity index (χ0n) is 10.6.